The minimum absolute atomic E-state index is 0.773. The maximum Gasteiger partial charge on any atom is 0.106 e. The average molecular weight is 330 g/mol. The van der Waals surface area contributed by atoms with Crippen LogP contribution in [0.25, 0.3) is 11.1 Å². The van der Waals surface area contributed by atoms with Crippen LogP contribution in [0.1, 0.15) is 16.7 Å². The zero-order valence-corrected chi connectivity index (χ0v) is 12.8. The summed E-state index contributed by atoms with van der Waals surface area (Å²) in [7, 11) is 0. The van der Waals surface area contributed by atoms with E-state index in [1.807, 2.05) is 24.3 Å². The minimum Gasteiger partial charge on any atom is -0.331 e. The van der Waals surface area contributed by atoms with Crippen molar-refractivity contribution in [2.45, 2.75) is 6.92 Å². The van der Waals surface area contributed by atoms with E-state index in [0.29, 0.717) is 0 Å². The fraction of sp³-hybridized carbons (Fsp3) is 0.0625. The van der Waals surface area contributed by atoms with E-state index >= 15 is 0 Å². The van der Waals surface area contributed by atoms with Crippen molar-refractivity contribution in [2.75, 3.05) is 0 Å². The van der Waals surface area contributed by atoms with Crippen molar-refractivity contribution < 1.29 is 0 Å². The molecular weight excluding hydrogens is 314 g/mol. The molecule has 0 saturated heterocycles. The lowest BCUT2D eigenvalue weighted by Gasteiger charge is -2.12. The smallest absolute Gasteiger partial charge is 0.106 e. The summed E-state index contributed by atoms with van der Waals surface area (Å²) in [6.45, 7) is 6.25. The molecule has 20 heavy (non-hydrogen) atoms. The Balaban J connectivity index is 2.44. The van der Waals surface area contributed by atoms with Gasteiger partial charge in [0.15, 0.2) is 0 Å². The second-order valence-electron chi connectivity index (χ2n) is 4.44. The lowest BCUT2D eigenvalue weighted by molar-refractivity contribution is 0.971. The van der Waals surface area contributed by atoms with Crippen LogP contribution in [-0.4, -0.2) is 4.98 Å². The van der Waals surface area contributed by atoms with E-state index in [4.69, 9.17) is 5.84 Å². The maximum absolute atomic E-state index is 5.46. The number of hydrogen-bond donors (Lipinski definition) is 2. The number of hydrazine groups is 1. The summed E-state index contributed by atoms with van der Waals surface area (Å²) in [5.74, 6) is 5.46. The summed E-state index contributed by atoms with van der Waals surface area (Å²) in [6, 6.07) is 12.1. The number of nitrogens with one attached hydrogen (secondary N) is 1. The minimum atomic E-state index is 0.773. The molecule has 0 spiro atoms. The fourth-order valence-corrected chi connectivity index (χ4v) is 2.35. The van der Waals surface area contributed by atoms with Crippen LogP contribution in [0.2, 0.25) is 0 Å². The molecular formula is C16H16BrN3. The summed E-state index contributed by atoms with van der Waals surface area (Å²) < 4.78 is 0.773. The van der Waals surface area contributed by atoms with Crippen molar-refractivity contribution in [1.82, 2.24) is 10.4 Å². The van der Waals surface area contributed by atoms with Gasteiger partial charge in [-0.1, -0.05) is 36.4 Å². The van der Waals surface area contributed by atoms with E-state index in [2.05, 4.69) is 52.0 Å². The number of aromatic nitrogens is 1. The van der Waals surface area contributed by atoms with Crippen molar-refractivity contribution in [2.24, 2.45) is 5.84 Å². The van der Waals surface area contributed by atoms with Crippen LogP contribution in [0.15, 0.2) is 60.0 Å². The molecule has 0 amide bonds. The van der Waals surface area contributed by atoms with Crippen molar-refractivity contribution in [3.63, 3.8) is 0 Å². The third kappa shape index (κ3) is 3.35. The van der Waals surface area contributed by atoms with Gasteiger partial charge >= 0.3 is 0 Å². The predicted molar refractivity (Wildman–Crippen MR) is 87.5 cm³/mol. The van der Waals surface area contributed by atoms with E-state index in [-0.39, 0.29) is 0 Å². The van der Waals surface area contributed by atoms with Crippen molar-refractivity contribution in [3.05, 3.63) is 76.7 Å². The Bertz CT molecular complexity index is 662. The van der Waals surface area contributed by atoms with Crippen LogP contribution in [-0.2, 0) is 0 Å². The van der Waals surface area contributed by atoms with Gasteiger partial charge in [-0.3, -0.25) is 5.84 Å². The second kappa shape index (κ2) is 6.50. The van der Waals surface area contributed by atoms with Crippen molar-refractivity contribution >= 4 is 27.1 Å². The number of benzene rings is 1. The van der Waals surface area contributed by atoms with Crippen molar-refractivity contribution in [3.8, 4) is 0 Å². The number of allylic oxidation sites excluding steroid dienone is 2. The molecule has 1 aromatic heterocycles. The van der Waals surface area contributed by atoms with Gasteiger partial charge in [-0.15, -0.1) is 0 Å². The molecule has 0 fully saturated rings. The van der Waals surface area contributed by atoms with E-state index in [0.717, 1.165) is 26.9 Å². The van der Waals surface area contributed by atoms with Gasteiger partial charge in [-0.05, 0) is 51.7 Å². The Morgan fingerprint density at radius 3 is 2.75 bits per heavy atom. The highest BCUT2D eigenvalue weighted by Gasteiger charge is 2.09. The number of pyridine rings is 1. The molecule has 4 heteroatoms. The summed E-state index contributed by atoms with van der Waals surface area (Å²) >= 11 is 3.38. The van der Waals surface area contributed by atoms with Gasteiger partial charge in [0.2, 0.25) is 0 Å². The van der Waals surface area contributed by atoms with Crippen molar-refractivity contribution in [1.29, 1.82) is 0 Å². The number of nitrogens with zero attached hydrogens (tertiary/aromatic N) is 1. The van der Waals surface area contributed by atoms with E-state index in [9.17, 15) is 0 Å². The molecule has 1 aromatic carbocycles. The van der Waals surface area contributed by atoms with Gasteiger partial charge in [-0.25, -0.2) is 4.98 Å². The molecule has 102 valence electrons. The third-order valence-corrected chi connectivity index (χ3v) is 3.39. The molecule has 0 aliphatic rings. The molecule has 3 N–H and O–H groups in total. The number of halogens is 1. The van der Waals surface area contributed by atoms with Crippen LogP contribution < -0.4 is 11.3 Å². The Kier molecular flexibility index (Phi) is 4.71. The molecule has 0 bridgehead atoms. The molecule has 0 aliphatic heterocycles. The monoisotopic (exact) mass is 329 g/mol. The molecule has 2 rings (SSSR count). The number of aryl methyl sites for hydroxylation is 1. The Labute approximate surface area is 127 Å². The van der Waals surface area contributed by atoms with Crippen LogP contribution >= 0.6 is 15.9 Å². The normalized spacial score (nSPS) is 11.2. The Hall–Kier alpha value is -1.91. The number of hydrogen-bond acceptors (Lipinski definition) is 3. The number of nitrogens with two attached hydrogens (primary N) is 1. The van der Waals surface area contributed by atoms with Gasteiger partial charge in [0.25, 0.3) is 0 Å². The van der Waals surface area contributed by atoms with Gasteiger partial charge in [0, 0.05) is 18.0 Å². The first-order valence-corrected chi connectivity index (χ1v) is 6.95. The average Bonchev–Trinajstić information content (AvgIpc) is 2.44. The first kappa shape index (κ1) is 14.5. The first-order valence-electron chi connectivity index (χ1n) is 6.16. The SMILES string of the molecule is C=C(/C(=C\NN)c1ccnc(Br)c1)c1cccc(C)c1. The quantitative estimate of drug-likeness (QED) is 0.389. The Morgan fingerprint density at radius 2 is 2.10 bits per heavy atom. The van der Waals surface area contributed by atoms with Crippen LogP contribution in [0.3, 0.4) is 0 Å². The van der Waals surface area contributed by atoms with E-state index < -0.39 is 0 Å². The molecule has 0 atom stereocenters. The van der Waals surface area contributed by atoms with Crippen LogP contribution in [0.4, 0.5) is 0 Å². The molecule has 0 unspecified atom stereocenters. The summed E-state index contributed by atoms with van der Waals surface area (Å²) in [5, 5.41) is 0. The van der Waals surface area contributed by atoms with E-state index in [1.165, 1.54) is 5.56 Å². The van der Waals surface area contributed by atoms with E-state index in [1.54, 1.807) is 12.4 Å². The largest absolute Gasteiger partial charge is 0.331 e. The van der Waals surface area contributed by atoms with Crippen LogP contribution in [0, 0.1) is 6.92 Å². The van der Waals surface area contributed by atoms with Gasteiger partial charge in [0.05, 0.1) is 0 Å². The fourth-order valence-electron chi connectivity index (χ4n) is 1.99. The zero-order valence-electron chi connectivity index (χ0n) is 11.2. The van der Waals surface area contributed by atoms with Gasteiger partial charge in [0.1, 0.15) is 4.60 Å². The standard InChI is InChI=1S/C16H16BrN3/c1-11-4-3-5-13(8-11)12(2)15(10-20-18)14-6-7-19-16(17)9-14/h3-10,20H,2,18H2,1H3/b15-10+. The highest BCUT2D eigenvalue weighted by atomic mass is 79.9. The maximum atomic E-state index is 5.46. The molecule has 0 aliphatic carbocycles. The third-order valence-electron chi connectivity index (χ3n) is 2.96. The lowest BCUT2D eigenvalue weighted by atomic mass is 9.94. The predicted octanol–water partition coefficient (Wildman–Crippen LogP) is 3.67. The summed E-state index contributed by atoms with van der Waals surface area (Å²) in [6.07, 6.45) is 3.49. The van der Waals surface area contributed by atoms with Gasteiger partial charge < -0.3 is 5.43 Å². The topological polar surface area (TPSA) is 50.9 Å². The summed E-state index contributed by atoms with van der Waals surface area (Å²) in [4.78, 5) is 4.14. The molecule has 1 heterocycles. The first-order chi connectivity index (χ1) is 9.61. The molecule has 0 saturated carbocycles. The van der Waals surface area contributed by atoms with Crippen LogP contribution in [0.5, 0.6) is 0 Å². The lowest BCUT2D eigenvalue weighted by Crippen LogP contribution is -2.14. The highest BCUT2D eigenvalue weighted by Crippen LogP contribution is 2.30. The molecule has 3 nitrogen and oxygen atoms in total. The second-order valence-corrected chi connectivity index (χ2v) is 5.25. The molecule has 2 aromatic rings. The van der Waals surface area contributed by atoms with Gasteiger partial charge in [-0.2, -0.15) is 0 Å². The molecule has 0 radical (unpaired) electrons. The summed E-state index contributed by atoms with van der Waals surface area (Å²) in [5.41, 5.74) is 7.69. The zero-order chi connectivity index (χ0) is 14.5. The highest BCUT2D eigenvalue weighted by molar-refractivity contribution is 9.10. The number of rotatable bonds is 4. The Morgan fingerprint density at radius 1 is 1.30 bits per heavy atom.